The third-order valence-electron chi connectivity index (χ3n) is 20.9. The maximum atomic E-state index is 14.0. The Morgan fingerprint density at radius 2 is 1.04 bits per heavy atom. The summed E-state index contributed by atoms with van der Waals surface area (Å²) in [6.45, 7) is 31.5. The first-order valence-electron chi connectivity index (χ1n) is 38.6. The van der Waals surface area contributed by atoms with Gasteiger partial charge in [-0.2, -0.15) is 5.10 Å². The van der Waals surface area contributed by atoms with E-state index in [1.807, 2.05) is 137 Å². The van der Waals surface area contributed by atoms with Crippen LogP contribution in [0.4, 0.5) is 4.39 Å². The largest absolute Gasteiger partial charge is 0.494 e. The third-order valence-corrected chi connectivity index (χ3v) is 21.2. The Bertz CT molecular complexity index is 4860. The molecule has 1 aromatic carbocycles. The Labute approximate surface area is 661 Å². The monoisotopic (exact) mass is 1580 g/mol. The number of carbonyl (C=O) groups is 5. The number of ketones is 1. The quantitative estimate of drug-likeness (QED) is 0.0484. The van der Waals surface area contributed by atoms with E-state index in [0.29, 0.717) is 101 Å². The Hall–Kier alpha value is -9.38. The lowest BCUT2D eigenvalue weighted by molar-refractivity contribution is -0.136. The lowest BCUT2D eigenvalue weighted by Gasteiger charge is -2.29. The second kappa shape index (κ2) is 36.0. The molecule has 5 atom stereocenters. The van der Waals surface area contributed by atoms with Crippen molar-refractivity contribution in [2.24, 2.45) is 5.92 Å². The number of methoxy groups -OCH3 is 1. The molecule has 0 bridgehead atoms. The van der Waals surface area contributed by atoms with Crippen LogP contribution in [-0.4, -0.2) is 214 Å². The van der Waals surface area contributed by atoms with Crippen LogP contribution in [0.2, 0.25) is 5.02 Å². The van der Waals surface area contributed by atoms with E-state index in [1.54, 1.807) is 36.9 Å². The Morgan fingerprint density at radius 1 is 0.566 bits per heavy atom. The zero-order valence-corrected chi connectivity index (χ0v) is 67.2. The van der Waals surface area contributed by atoms with Gasteiger partial charge < -0.3 is 85.1 Å². The van der Waals surface area contributed by atoms with Crippen LogP contribution in [0.25, 0.3) is 33.0 Å². The molecule has 606 valence electrons. The number of pyridine rings is 4. The van der Waals surface area contributed by atoms with Crippen molar-refractivity contribution in [2.75, 3.05) is 112 Å². The van der Waals surface area contributed by atoms with Crippen LogP contribution < -0.4 is 52.6 Å². The fourth-order valence-electron chi connectivity index (χ4n) is 14.7. The van der Waals surface area contributed by atoms with Crippen molar-refractivity contribution >= 4 is 74.0 Å². The highest BCUT2D eigenvalue weighted by molar-refractivity contribution is 6.35. The molecule has 4 amide bonds. The summed E-state index contributed by atoms with van der Waals surface area (Å²) in [5, 5.41) is 37.1. The normalized spacial score (nSPS) is 20.0. The number of benzene rings is 1. The topological polar surface area (TPSA) is 347 Å². The zero-order chi connectivity index (χ0) is 80.4. The van der Waals surface area contributed by atoms with Crippen molar-refractivity contribution < 1.29 is 56.8 Å². The first-order chi connectivity index (χ1) is 54.1. The highest BCUT2D eigenvalue weighted by atomic mass is 35.5. The number of hydrogen-bond donors (Lipinski definition) is 10. The van der Waals surface area contributed by atoms with Gasteiger partial charge in [-0.05, 0) is 129 Å². The summed E-state index contributed by atoms with van der Waals surface area (Å²) in [5.74, 6) is 3.10. The molecule has 10 aromatic rings. The maximum Gasteiger partial charge on any atom is 0.251 e. The zero-order valence-electron chi connectivity index (χ0n) is 66.5. The standard InChI is InChI=1S/C17H22ClN3O2.C16H21FN4O2.C16H22N4O3.C16H20N4O2.C16H22N4O2/c1-17(2,8-14(22)11-9-19-6-7-23-10-11)16-12-4-3-5-13(18)15(12)20-21-16;1-10-13-11(17)5-4-7-21(13)15(19-10)16(2,3)20-14(22)12-9-18-6-8-23-12;1-16(2,19-14(21)13-10-17-6-8-23-13)15-18-9-11-12(22-3)5-4-7-20(11)15;1-11-3-2-7-20-12(11)9-18-15(20)16(4-5-16)19-14(21)13-10-17-6-8-22-13;1-11-5-4-7-20-12(11)9-18-15(20)16(2,3)19-14(21)13-10-17-6-8-22-13/h3-5,11,19H,6-10H2,1-2H3,(H,20,21);4-5,7,12,18H,6,8-9H2,1-3H3,(H,20,22);4-5,7,9,13,17H,6,8,10H2,1-3H3,(H,19,21);2-3,7,9,13,17H,4-6,8,10H2,1H3,(H,19,21);4-5,7,9,13,17H,6,8,10H2,1-3H3,(H,19,21)/t;12-;3*13-/m.0000/s1. The van der Waals surface area contributed by atoms with E-state index in [1.165, 1.54) is 11.6 Å². The Balaban J connectivity index is 0.000000131. The number of amides is 4. The number of halogens is 2. The lowest BCUT2D eigenvalue weighted by atomic mass is 9.80. The van der Waals surface area contributed by atoms with Gasteiger partial charge in [-0.1, -0.05) is 49.7 Å². The number of imidazole rings is 4. The molecule has 1 aliphatic carbocycles. The molecule has 32 heteroatoms. The number of para-hydroxylation sites is 1. The van der Waals surface area contributed by atoms with Gasteiger partial charge in [-0.15, -0.1) is 0 Å². The van der Waals surface area contributed by atoms with Crippen LogP contribution in [0.1, 0.15) is 120 Å². The summed E-state index contributed by atoms with van der Waals surface area (Å²) >= 11 is 6.19. The second-order valence-corrected chi connectivity index (χ2v) is 31.9. The number of fused-ring (bicyclic) bond motifs is 5. The second-order valence-electron chi connectivity index (χ2n) is 31.5. The molecule has 113 heavy (non-hydrogen) atoms. The van der Waals surface area contributed by atoms with Gasteiger partial charge in [0.2, 0.25) is 0 Å². The molecular formula is C81H107ClFN19O11. The molecule has 16 rings (SSSR count). The van der Waals surface area contributed by atoms with Crippen LogP contribution in [0.3, 0.4) is 0 Å². The van der Waals surface area contributed by atoms with Gasteiger partial charge >= 0.3 is 0 Å². The van der Waals surface area contributed by atoms with E-state index in [0.717, 1.165) is 107 Å². The summed E-state index contributed by atoms with van der Waals surface area (Å²) < 4.78 is 54.6. The van der Waals surface area contributed by atoms with Crippen LogP contribution in [0, 0.1) is 32.5 Å². The van der Waals surface area contributed by atoms with Crippen LogP contribution >= 0.6 is 11.6 Å². The number of aromatic amines is 1. The SMILES string of the molecule is CC(C)(CC(=O)C1CNCCOC1)c1[nH]nc2c(Cl)cccc12.COc1cccn2c(C(C)(C)NC(=O)[C@@H]3CNCCO3)ncc12.Cc1cccn2c(C(C)(C)NC(=O)[C@@H]3CNCCO3)ncc12.Cc1cccn2c(C3(NC(=O)[C@@H]4CNCCO4)CC3)ncc12.Cc1nc(C(C)(C)NC(=O)[C@@H]2CNCCO2)n2cccc(F)c12. The van der Waals surface area contributed by atoms with Gasteiger partial charge in [0.05, 0.1) is 115 Å². The average Bonchev–Trinajstić information content (AvgIpc) is 1.59. The van der Waals surface area contributed by atoms with E-state index >= 15 is 0 Å². The molecule has 6 fully saturated rings. The highest BCUT2D eigenvalue weighted by Gasteiger charge is 2.50. The predicted molar refractivity (Wildman–Crippen MR) is 425 cm³/mol. The van der Waals surface area contributed by atoms with Crippen molar-refractivity contribution in [1.29, 1.82) is 0 Å². The molecule has 9 aromatic heterocycles. The molecule has 5 aliphatic heterocycles. The van der Waals surface area contributed by atoms with Gasteiger partial charge in [0, 0.05) is 113 Å². The highest BCUT2D eigenvalue weighted by Crippen LogP contribution is 2.45. The fourth-order valence-corrected chi connectivity index (χ4v) is 14.9. The number of Topliss-reactive ketones (excluding diaryl/α,β-unsaturated/α-hetero) is 1. The molecule has 10 N–H and O–H groups in total. The molecule has 30 nitrogen and oxygen atoms in total. The first kappa shape index (κ1) is 83.1. The number of ether oxygens (including phenoxy) is 6. The van der Waals surface area contributed by atoms with E-state index in [9.17, 15) is 28.4 Å². The summed E-state index contributed by atoms with van der Waals surface area (Å²) in [6.07, 6.45) is 13.6. The number of rotatable bonds is 17. The number of carbonyl (C=O) groups excluding carboxylic acids is 5. The van der Waals surface area contributed by atoms with Crippen LogP contribution in [-0.2, 0) is 75.2 Å². The third kappa shape index (κ3) is 19.4. The first-order valence-corrected chi connectivity index (χ1v) is 39.0. The smallest absolute Gasteiger partial charge is 0.251 e. The van der Waals surface area contributed by atoms with E-state index in [4.69, 9.17) is 40.0 Å². The summed E-state index contributed by atoms with van der Waals surface area (Å²) in [6, 6.07) is 20.6. The Kier molecular flexibility index (Phi) is 26.4. The Morgan fingerprint density at radius 3 is 1.58 bits per heavy atom. The predicted octanol–water partition coefficient (Wildman–Crippen LogP) is 6.21. The van der Waals surface area contributed by atoms with Gasteiger partial charge in [0.15, 0.2) is 0 Å². The number of aromatic nitrogens is 10. The molecule has 6 aliphatic rings. The minimum absolute atomic E-state index is 0.0471. The van der Waals surface area contributed by atoms with Crippen molar-refractivity contribution in [3.8, 4) is 5.75 Å². The van der Waals surface area contributed by atoms with Gasteiger partial charge in [0.25, 0.3) is 23.6 Å². The summed E-state index contributed by atoms with van der Waals surface area (Å²) in [5.41, 5.74) is 5.41. The van der Waals surface area contributed by atoms with Gasteiger partial charge in [-0.3, -0.25) is 37.9 Å². The van der Waals surface area contributed by atoms with Gasteiger partial charge in [-0.25, -0.2) is 24.3 Å². The minimum Gasteiger partial charge on any atom is -0.494 e. The molecule has 1 saturated carbocycles. The van der Waals surface area contributed by atoms with Gasteiger partial charge in [0.1, 0.15) is 81.6 Å². The van der Waals surface area contributed by atoms with Crippen LogP contribution in [0.5, 0.6) is 5.75 Å². The minimum atomic E-state index is -0.761. The maximum absolute atomic E-state index is 14.0. The number of hydrogen-bond acceptors (Lipinski definition) is 21. The van der Waals surface area contributed by atoms with Crippen molar-refractivity contribution in [1.82, 2.24) is 95.6 Å². The average molecular weight is 1580 g/mol. The van der Waals surface area contributed by atoms with Crippen molar-refractivity contribution in [3.05, 3.63) is 167 Å². The van der Waals surface area contributed by atoms with E-state index in [-0.39, 0.29) is 52.1 Å². The molecule has 5 saturated heterocycles. The number of H-pyrrole nitrogens is 1. The van der Waals surface area contributed by atoms with Crippen LogP contribution in [0.15, 0.2) is 110 Å². The number of morpholine rings is 4. The molecule has 14 heterocycles. The van der Waals surface area contributed by atoms with Crippen molar-refractivity contribution in [3.63, 3.8) is 0 Å². The molecule has 0 radical (unpaired) electrons. The molecular weight excluding hydrogens is 1470 g/mol. The fraction of sp³-hybridized carbons (Fsp3) is 0.506. The van der Waals surface area contributed by atoms with E-state index in [2.05, 4.69) is 109 Å². The lowest BCUT2D eigenvalue weighted by Crippen LogP contribution is -2.52. The van der Waals surface area contributed by atoms with E-state index < -0.39 is 41.0 Å². The molecule has 1 unspecified atom stereocenters. The van der Waals surface area contributed by atoms with Crippen molar-refractivity contribution in [2.45, 2.75) is 147 Å². The molecule has 0 spiro atoms. The number of nitrogens with zero attached hydrogens (tertiary/aromatic N) is 9. The summed E-state index contributed by atoms with van der Waals surface area (Å²) in [7, 11) is 1.63. The summed E-state index contributed by atoms with van der Waals surface area (Å²) in [4.78, 5) is 80.4. The number of aryl methyl sites for hydroxylation is 3. The number of nitrogens with one attached hydrogen (secondary N) is 10.